The maximum Gasteiger partial charge on any atom is 0.0573 e. The standard InChI is InChI=1S/C7H9BrN2/c1-3-7(8)6-4-9-10(2)5-6/h3-5H,1-2H3/b7-3-. The van der Waals surface area contributed by atoms with Crippen LogP contribution in [0.4, 0.5) is 0 Å². The maximum absolute atomic E-state index is 4.03. The summed E-state index contributed by atoms with van der Waals surface area (Å²) >= 11 is 3.41. The zero-order chi connectivity index (χ0) is 7.56. The Hall–Kier alpha value is -0.570. The first kappa shape index (κ1) is 7.54. The SMILES string of the molecule is C/C=C(\Br)c1cnn(C)c1. The smallest absolute Gasteiger partial charge is 0.0573 e. The van der Waals surface area contributed by atoms with Crippen LogP contribution in [0.1, 0.15) is 12.5 Å². The van der Waals surface area contributed by atoms with Gasteiger partial charge in [0.05, 0.1) is 6.20 Å². The molecule has 10 heavy (non-hydrogen) atoms. The van der Waals surface area contributed by atoms with Gasteiger partial charge in [0.2, 0.25) is 0 Å². The molecular weight excluding hydrogens is 192 g/mol. The average Bonchev–Trinajstić information content (AvgIpc) is 2.34. The fourth-order valence-corrected chi connectivity index (χ4v) is 0.916. The van der Waals surface area contributed by atoms with E-state index in [-0.39, 0.29) is 0 Å². The third kappa shape index (κ3) is 1.48. The summed E-state index contributed by atoms with van der Waals surface area (Å²) in [5.74, 6) is 0. The van der Waals surface area contributed by atoms with Gasteiger partial charge in [0.1, 0.15) is 0 Å². The van der Waals surface area contributed by atoms with Gasteiger partial charge < -0.3 is 0 Å². The van der Waals surface area contributed by atoms with Crippen LogP contribution in [0, 0.1) is 0 Å². The normalized spacial score (nSPS) is 12.1. The highest BCUT2D eigenvalue weighted by atomic mass is 79.9. The lowest BCUT2D eigenvalue weighted by Gasteiger charge is -1.88. The van der Waals surface area contributed by atoms with Crippen LogP contribution in [-0.2, 0) is 7.05 Å². The summed E-state index contributed by atoms with van der Waals surface area (Å²) in [6.45, 7) is 1.98. The van der Waals surface area contributed by atoms with Gasteiger partial charge in [-0.3, -0.25) is 4.68 Å². The molecule has 0 aliphatic rings. The van der Waals surface area contributed by atoms with Crippen molar-refractivity contribution in [2.75, 3.05) is 0 Å². The van der Waals surface area contributed by atoms with E-state index in [0.29, 0.717) is 0 Å². The van der Waals surface area contributed by atoms with E-state index in [4.69, 9.17) is 0 Å². The first-order chi connectivity index (χ1) is 4.74. The molecule has 0 aliphatic heterocycles. The van der Waals surface area contributed by atoms with Crippen molar-refractivity contribution in [1.29, 1.82) is 0 Å². The molecule has 2 nitrogen and oxygen atoms in total. The van der Waals surface area contributed by atoms with Gasteiger partial charge in [-0.15, -0.1) is 0 Å². The van der Waals surface area contributed by atoms with Gasteiger partial charge in [0.15, 0.2) is 0 Å². The molecule has 0 spiro atoms. The molecule has 1 aromatic rings. The van der Waals surface area contributed by atoms with Gasteiger partial charge in [-0.05, 0) is 6.92 Å². The van der Waals surface area contributed by atoms with E-state index in [0.717, 1.165) is 10.0 Å². The molecule has 0 radical (unpaired) electrons. The van der Waals surface area contributed by atoms with E-state index in [9.17, 15) is 0 Å². The molecule has 0 aliphatic carbocycles. The summed E-state index contributed by atoms with van der Waals surface area (Å²) in [6, 6.07) is 0. The summed E-state index contributed by atoms with van der Waals surface area (Å²) in [7, 11) is 1.90. The lowest BCUT2D eigenvalue weighted by molar-refractivity contribution is 0.767. The molecule has 0 atom stereocenters. The number of allylic oxidation sites excluding steroid dienone is 1. The summed E-state index contributed by atoms with van der Waals surface area (Å²) in [4.78, 5) is 0. The molecule has 0 aromatic carbocycles. The Balaban J connectivity index is 2.95. The molecule has 0 N–H and O–H groups in total. The molecule has 1 rings (SSSR count). The van der Waals surface area contributed by atoms with Crippen LogP contribution in [0.2, 0.25) is 0 Å². The number of aromatic nitrogens is 2. The molecule has 0 saturated carbocycles. The Morgan fingerprint density at radius 3 is 2.90 bits per heavy atom. The molecule has 0 bridgehead atoms. The first-order valence-electron chi connectivity index (χ1n) is 3.05. The van der Waals surface area contributed by atoms with Crippen molar-refractivity contribution in [1.82, 2.24) is 9.78 Å². The summed E-state index contributed by atoms with van der Waals surface area (Å²) in [5, 5.41) is 4.03. The largest absolute Gasteiger partial charge is 0.275 e. The van der Waals surface area contributed by atoms with Gasteiger partial charge in [0, 0.05) is 23.3 Å². The van der Waals surface area contributed by atoms with Crippen LogP contribution in [0.3, 0.4) is 0 Å². The summed E-state index contributed by atoms with van der Waals surface area (Å²) < 4.78 is 2.86. The van der Waals surface area contributed by atoms with Crippen molar-refractivity contribution in [3.8, 4) is 0 Å². The fraction of sp³-hybridized carbons (Fsp3) is 0.286. The van der Waals surface area contributed by atoms with Gasteiger partial charge in [0.25, 0.3) is 0 Å². The predicted molar refractivity (Wildman–Crippen MR) is 45.8 cm³/mol. The van der Waals surface area contributed by atoms with E-state index < -0.39 is 0 Å². The van der Waals surface area contributed by atoms with Crippen molar-refractivity contribution in [3.05, 3.63) is 24.0 Å². The van der Waals surface area contributed by atoms with Crippen LogP contribution in [0.15, 0.2) is 18.5 Å². The minimum atomic E-state index is 1.08. The second-order valence-corrected chi connectivity index (χ2v) is 2.89. The molecular formula is C7H9BrN2. The number of hydrogen-bond donors (Lipinski definition) is 0. The van der Waals surface area contributed by atoms with Crippen LogP contribution in [0.5, 0.6) is 0 Å². The third-order valence-electron chi connectivity index (χ3n) is 1.23. The number of hydrogen-bond acceptors (Lipinski definition) is 1. The number of nitrogens with zero attached hydrogens (tertiary/aromatic N) is 2. The zero-order valence-electron chi connectivity index (χ0n) is 6.00. The number of rotatable bonds is 1. The van der Waals surface area contributed by atoms with Gasteiger partial charge in [-0.1, -0.05) is 22.0 Å². The van der Waals surface area contributed by atoms with Crippen molar-refractivity contribution in [2.24, 2.45) is 7.05 Å². The monoisotopic (exact) mass is 200 g/mol. The van der Waals surface area contributed by atoms with Crippen molar-refractivity contribution in [3.63, 3.8) is 0 Å². The molecule has 0 saturated heterocycles. The molecule has 1 aromatic heterocycles. The Labute approximate surface area is 68.7 Å². The Bertz CT molecular complexity index is 250. The highest BCUT2D eigenvalue weighted by molar-refractivity contribution is 9.15. The van der Waals surface area contributed by atoms with Crippen molar-refractivity contribution >= 4 is 20.4 Å². The first-order valence-corrected chi connectivity index (χ1v) is 3.84. The van der Waals surface area contributed by atoms with Crippen LogP contribution in [-0.4, -0.2) is 9.78 Å². The highest BCUT2D eigenvalue weighted by Gasteiger charge is 1.96. The van der Waals surface area contributed by atoms with E-state index in [2.05, 4.69) is 21.0 Å². The molecule has 54 valence electrons. The highest BCUT2D eigenvalue weighted by Crippen LogP contribution is 2.18. The van der Waals surface area contributed by atoms with Crippen LogP contribution >= 0.6 is 15.9 Å². The fourth-order valence-electron chi connectivity index (χ4n) is 0.711. The summed E-state index contributed by atoms with van der Waals surface area (Å²) in [6.07, 6.45) is 5.78. The predicted octanol–water partition coefficient (Wildman–Crippen LogP) is 2.18. The van der Waals surface area contributed by atoms with E-state index >= 15 is 0 Å². The van der Waals surface area contributed by atoms with Gasteiger partial charge >= 0.3 is 0 Å². The number of halogens is 1. The Morgan fingerprint density at radius 1 is 1.80 bits per heavy atom. The minimum absolute atomic E-state index is 1.08. The summed E-state index contributed by atoms with van der Waals surface area (Å²) in [5.41, 5.74) is 1.12. The van der Waals surface area contributed by atoms with E-state index in [1.165, 1.54) is 0 Å². The molecule has 0 unspecified atom stereocenters. The molecule has 3 heteroatoms. The topological polar surface area (TPSA) is 17.8 Å². The minimum Gasteiger partial charge on any atom is -0.275 e. The lowest BCUT2D eigenvalue weighted by Crippen LogP contribution is -1.84. The molecule has 0 amide bonds. The quantitative estimate of drug-likeness (QED) is 0.680. The second kappa shape index (κ2) is 3.01. The molecule has 0 fully saturated rings. The van der Waals surface area contributed by atoms with Crippen molar-refractivity contribution in [2.45, 2.75) is 6.92 Å². The third-order valence-corrected chi connectivity index (χ3v) is 2.15. The van der Waals surface area contributed by atoms with Gasteiger partial charge in [-0.2, -0.15) is 5.10 Å². The van der Waals surface area contributed by atoms with E-state index in [1.807, 2.05) is 32.4 Å². The lowest BCUT2D eigenvalue weighted by atomic mass is 10.3. The Kier molecular flexibility index (Phi) is 2.27. The Morgan fingerprint density at radius 2 is 2.50 bits per heavy atom. The van der Waals surface area contributed by atoms with E-state index in [1.54, 1.807) is 4.68 Å². The van der Waals surface area contributed by atoms with Crippen LogP contribution < -0.4 is 0 Å². The maximum atomic E-state index is 4.03. The second-order valence-electron chi connectivity index (χ2n) is 2.04. The zero-order valence-corrected chi connectivity index (χ0v) is 7.59. The van der Waals surface area contributed by atoms with Crippen LogP contribution in [0.25, 0.3) is 4.48 Å². The average molecular weight is 201 g/mol. The van der Waals surface area contributed by atoms with Crippen molar-refractivity contribution < 1.29 is 0 Å². The molecule has 1 heterocycles. The van der Waals surface area contributed by atoms with Gasteiger partial charge in [-0.25, -0.2) is 0 Å². The number of aryl methyl sites for hydroxylation is 1.